The van der Waals surface area contributed by atoms with E-state index >= 15 is 0 Å². The Kier molecular flexibility index (Phi) is 5.36. The van der Waals surface area contributed by atoms with E-state index in [0.717, 1.165) is 12.3 Å². The molecule has 0 fully saturated rings. The quantitative estimate of drug-likeness (QED) is 0.353. The first-order valence-electron chi connectivity index (χ1n) is 11.3. The van der Waals surface area contributed by atoms with Crippen molar-refractivity contribution in [1.82, 2.24) is 4.98 Å². The van der Waals surface area contributed by atoms with Gasteiger partial charge in [0.15, 0.2) is 0 Å². The third-order valence-electron chi connectivity index (χ3n) is 6.87. The van der Waals surface area contributed by atoms with Gasteiger partial charge in [0, 0.05) is 12.1 Å². The van der Waals surface area contributed by atoms with E-state index in [4.69, 9.17) is 4.98 Å². The summed E-state index contributed by atoms with van der Waals surface area (Å²) in [7, 11) is 0. The molecule has 2 atom stereocenters. The molecule has 5 rings (SSSR count). The summed E-state index contributed by atoms with van der Waals surface area (Å²) < 4.78 is 0. The van der Waals surface area contributed by atoms with Crippen LogP contribution in [0, 0.1) is 5.92 Å². The lowest BCUT2D eigenvalue weighted by molar-refractivity contribution is 0.424. The van der Waals surface area contributed by atoms with Crippen molar-refractivity contribution < 1.29 is 0 Å². The topological polar surface area (TPSA) is 12.9 Å². The largest absolute Gasteiger partial charge is 0.260 e. The molecule has 1 aromatic heterocycles. The Bertz CT molecular complexity index is 1150. The molecule has 1 heteroatoms. The summed E-state index contributed by atoms with van der Waals surface area (Å²) in [5, 5.41) is 2.62. The van der Waals surface area contributed by atoms with E-state index in [1.165, 1.54) is 64.4 Å². The molecule has 0 saturated carbocycles. The van der Waals surface area contributed by atoms with Crippen LogP contribution >= 0.6 is 0 Å². The number of hydrogen-bond donors (Lipinski definition) is 0. The minimum atomic E-state index is 0.324. The van der Waals surface area contributed by atoms with Crippen LogP contribution in [-0.2, 0) is 19.3 Å². The molecule has 1 unspecified atom stereocenters. The first-order chi connectivity index (χ1) is 14.8. The molecule has 1 heterocycles. The molecule has 0 aliphatic heterocycles. The molecule has 150 valence electrons. The van der Waals surface area contributed by atoms with Crippen LogP contribution in [0.3, 0.4) is 0 Å². The number of rotatable bonds is 5. The Balaban J connectivity index is 1.35. The standard InChI is InChI=1S/C29H29N/c1-21(25-15-14-24-9-5-6-10-26(24)20-25)29-28-16-13-23(19-27(28)17-18-30-29)12-11-22-7-3-2-4-8-22/h2-10,14-15,17-18,20-21,23H,11-13,16,19H2,1H3/t21-,23?/m0/s1. The molecule has 0 N–H and O–H groups in total. The predicted octanol–water partition coefficient (Wildman–Crippen LogP) is 7.12. The molecule has 1 nitrogen and oxygen atoms in total. The van der Waals surface area contributed by atoms with E-state index in [9.17, 15) is 0 Å². The SMILES string of the molecule is C[C@@H](c1ccc2ccccc2c1)c1nccc2c1CCC(CCc1ccccc1)C2. The summed E-state index contributed by atoms with van der Waals surface area (Å²) in [6.07, 6.45) is 8.14. The number of pyridine rings is 1. The minimum absolute atomic E-state index is 0.324. The Labute approximate surface area is 179 Å². The van der Waals surface area contributed by atoms with E-state index in [1.807, 2.05) is 6.20 Å². The van der Waals surface area contributed by atoms with Crippen LogP contribution in [0.5, 0.6) is 0 Å². The predicted molar refractivity (Wildman–Crippen MR) is 126 cm³/mol. The van der Waals surface area contributed by atoms with Gasteiger partial charge in [0.25, 0.3) is 0 Å². The van der Waals surface area contributed by atoms with Crippen LogP contribution in [0.2, 0.25) is 0 Å². The van der Waals surface area contributed by atoms with Crippen molar-refractivity contribution in [3.05, 3.63) is 113 Å². The maximum atomic E-state index is 4.87. The zero-order chi connectivity index (χ0) is 20.3. The van der Waals surface area contributed by atoms with Crippen LogP contribution in [-0.4, -0.2) is 4.98 Å². The van der Waals surface area contributed by atoms with Gasteiger partial charge in [-0.15, -0.1) is 0 Å². The Morgan fingerprint density at radius 3 is 2.57 bits per heavy atom. The zero-order valence-electron chi connectivity index (χ0n) is 17.7. The third-order valence-corrected chi connectivity index (χ3v) is 6.87. The van der Waals surface area contributed by atoms with Gasteiger partial charge in [-0.1, -0.05) is 79.7 Å². The monoisotopic (exact) mass is 391 g/mol. The number of benzene rings is 3. The number of hydrogen-bond acceptors (Lipinski definition) is 1. The summed E-state index contributed by atoms with van der Waals surface area (Å²) in [6.45, 7) is 2.31. The van der Waals surface area contributed by atoms with Gasteiger partial charge in [0.2, 0.25) is 0 Å². The first-order valence-corrected chi connectivity index (χ1v) is 11.3. The molecule has 0 saturated heterocycles. The highest BCUT2D eigenvalue weighted by Gasteiger charge is 2.24. The average molecular weight is 392 g/mol. The molecule has 4 aromatic rings. The highest BCUT2D eigenvalue weighted by Crippen LogP contribution is 2.35. The van der Waals surface area contributed by atoms with Gasteiger partial charge in [-0.05, 0) is 77.1 Å². The maximum absolute atomic E-state index is 4.87. The fraction of sp³-hybridized carbons (Fsp3) is 0.276. The van der Waals surface area contributed by atoms with Crippen LogP contribution in [0.15, 0.2) is 85.1 Å². The van der Waals surface area contributed by atoms with Crippen molar-refractivity contribution in [2.45, 2.75) is 44.9 Å². The van der Waals surface area contributed by atoms with Crippen molar-refractivity contribution >= 4 is 10.8 Å². The summed E-state index contributed by atoms with van der Waals surface area (Å²) >= 11 is 0. The summed E-state index contributed by atoms with van der Waals surface area (Å²) in [4.78, 5) is 4.87. The normalized spacial score (nSPS) is 16.9. The van der Waals surface area contributed by atoms with E-state index in [-0.39, 0.29) is 0 Å². The molecule has 0 bridgehead atoms. The molecule has 0 amide bonds. The lowest BCUT2D eigenvalue weighted by Gasteiger charge is -2.27. The highest BCUT2D eigenvalue weighted by molar-refractivity contribution is 5.83. The van der Waals surface area contributed by atoms with Gasteiger partial charge in [0.1, 0.15) is 0 Å². The van der Waals surface area contributed by atoms with Crippen LogP contribution < -0.4 is 0 Å². The second kappa shape index (κ2) is 8.44. The lowest BCUT2D eigenvalue weighted by Crippen LogP contribution is -2.18. The molecule has 1 aliphatic rings. The van der Waals surface area contributed by atoms with Crippen molar-refractivity contribution in [3.63, 3.8) is 0 Å². The van der Waals surface area contributed by atoms with Gasteiger partial charge < -0.3 is 0 Å². The smallest absolute Gasteiger partial charge is 0.0510 e. The molecule has 1 aliphatic carbocycles. The fourth-order valence-corrected chi connectivity index (χ4v) is 5.06. The first kappa shape index (κ1) is 19.1. The fourth-order valence-electron chi connectivity index (χ4n) is 5.06. The number of aromatic nitrogens is 1. The van der Waals surface area contributed by atoms with Crippen molar-refractivity contribution in [1.29, 1.82) is 0 Å². The van der Waals surface area contributed by atoms with Gasteiger partial charge in [-0.2, -0.15) is 0 Å². The van der Waals surface area contributed by atoms with E-state index in [2.05, 4.69) is 85.8 Å². The second-order valence-electron chi connectivity index (χ2n) is 8.80. The number of nitrogens with zero attached hydrogens (tertiary/aromatic N) is 1. The Hall–Kier alpha value is -2.93. The van der Waals surface area contributed by atoms with Crippen LogP contribution in [0.4, 0.5) is 0 Å². The Morgan fingerprint density at radius 1 is 0.900 bits per heavy atom. The van der Waals surface area contributed by atoms with Gasteiger partial charge in [-0.3, -0.25) is 4.98 Å². The minimum Gasteiger partial charge on any atom is -0.260 e. The highest BCUT2D eigenvalue weighted by atomic mass is 14.7. The van der Waals surface area contributed by atoms with Crippen molar-refractivity contribution in [2.24, 2.45) is 5.92 Å². The third kappa shape index (κ3) is 3.89. The molecular formula is C29H29N. The molecule has 0 radical (unpaired) electrons. The molecule has 30 heavy (non-hydrogen) atoms. The van der Waals surface area contributed by atoms with Gasteiger partial charge in [0.05, 0.1) is 5.69 Å². The van der Waals surface area contributed by atoms with Crippen LogP contribution in [0.25, 0.3) is 10.8 Å². The molecular weight excluding hydrogens is 362 g/mol. The van der Waals surface area contributed by atoms with E-state index < -0.39 is 0 Å². The summed E-state index contributed by atoms with van der Waals surface area (Å²) in [5.74, 6) is 1.11. The van der Waals surface area contributed by atoms with E-state index in [1.54, 1.807) is 0 Å². The van der Waals surface area contributed by atoms with Crippen LogP contribution in [0.1, 0.15) is 53.6 Å². The number of aryl methyl sites for hydroxylation is 1. The van der Waals surface area contributed by atoms with Gasteiger partial charge in [-0.25, -0.2) is 0 Å². The number of fused-ring (bicyclic) bond motifs is 2. The zero-order valence-corrected chi connectivity index (χ0v) is 17.7. The maximum Gasteiger partial charge on any atom is 0.0510 e. The van der Waals surface area contributed by atoms with E-state index in [0.29, 0.717) is 5.92 Å². The summed E-state index contributed by atoms with van der Waals surface area (Å²) in [5.41, 5.74) is 7.14. The summed E-state index contributed by atoms with van der Waals surface area (Å²) in [6, 6.07) is 28.7. The van der Waals surface area contributed by atoms with Gasteiger partial charge >= 0.3 is 0 Å². The second-order valence-corrected chi connectivity index (χ2v) is 8.80. The molecule has 3 aromatic carbocycles. The Morgan fingerprint density at radius 2 is 1.70 bits per heavy atom. The molecule has 0 spiro atoms. The van der Waals surface area contributed by atoms with Crippen molar-refractivity contribution in [2.75, 3.05) is 0 Å². The van der Waals surface area contributed by atoms with Crippen molar-refractivity contribution in [3.8, 4) is 0 Å². The average Bonchev–Trinajstić information content (AvgIpc) is 2.82. The lowest BCUT2D eigenvalue weighted by atomic mass is 9.78.